The van der Waals surface area contributed by atoms with Gasteiger partial charge in [0, 0.05) is 30.4 Å². The van der Waals surface area contributed by atoms with E-state index in [2.05, 4.69) is 15.0 Å². The van der Waals surface area contributed by atoms with Crippen molar-refractivity contribution >= 4 is 22.8 Å². The van der Waals surface area contributed by atoms with Gasteiger partial charge >= 0.3 is 0 Å². The van der Waals surface area contributed by atoms with Gasteiger partial charge in [0.1, 0.15) is 11.5 Å². The summed E-state index contributed by atoms with van der Waals surface area (Å²) in [4.78, 5) is 26.5. The maximum Gasteiger partial charge on any atom is 0.254 e. The molecule has 0 spiro atoms. The summed E-state index contributed by atoms with van der Waals surface area (Å²) < 4.78 is 5.29. The van der Waals surface area contributed by atoms with Crippen molar-refractivity contribution in [3.63, 3.8) is 0 Å². The molecule has 1 fully saturated rings. The zero-order chi connectivity index (χ0) is 18.1. The highest BCUT2D eigenvalue weighted by Crippen LogP contribution is 2.21. The van der Waals surface area contributed by atoms with Gasteiger partial charge < -0.3 is 20.4 Å². The quantitative estimate of drug-likeness (QED) is 0.487. The van der Waals surface area contributed by atoms with E-state index in [-0.39, 0.29) is 11.7 Å². The van der Waals surface area contributed by atoms with Crippen molar-refractivity contribution in [1.82, 2.24) is 19.9 Å². The van der Waals surface area contributed by atoms with Gasteiger partial charge in [-0.15, -0.1) is 0 Å². The van der Waals surface area contributed by atoms with E-state index >= 15 is 0 Å². The number of fused-ring (bicyclic) bond motifs is 1. The molecule has 0 saturated carbocycles. The van der Waals surface area contributed by atoms with Crippen molar-refractivity contribution in [2.45, 2.75) is 0 Å². The first-order valence-corrected chi connectivity index (χ1v) is 8.29. The Morgan fingerprint density at radius 2 is 2.00 bits per heavy atom. The number of nitrogens with one attached hydrogen (secondary N) is 2. The third kappa shape index (κ3) is 3.02. The van der Waals surface area contributed by atoms with E-state index in [0.29, 0.717) is 54.5 Å². The van der Waals surface area contributed by atoms with Crippen LogP contribution >= 0.6 is 0 Å². The third-order valence-corrected chi connectivity index (χ3v) is 4.34. The Morgan fingerprint density at radius 3 is 2.77 bits per heavy atom. The van der Waals surface area contributed by atoms with Crippen LogP contribution < -0.4 is 5.73 Å². The number of hydrogen-bond acceptors (Lipinski definition) is 5. The van der Waals surface area contributed by atoms with Gasteiger partial charge in [-0.25, -0.2) is 4.98 Å². The zero-order valence-corrected chi connectivity index (χ0v) is 14.0. The number of imidazole rings is 1. The number of benzene rings is 1. The molecule has 1 aliphatic heterocycles. The van der Waals surface area contributed by atoms with Crippen LogP contribution in [-0.4, -0.2) is 57.9 Å². The standard InChI is InChI=1S/C18H18N6O2/c19-16(20)11-1-2-13-14(9-11)23-17(22-13)15-10-12(3-4-21-15)18(25)24-5-7-26-8-6-24/h1-4,9-10H,5-8H2,(H3,19,20)(H,22,23). The van der Waals surface area contributed by atoms with Crippen LogP contribution in [0.5, 0.6) is 0 Å². The van der Waals surface area contributed by atoms with Crippen LogP contribution in [0.1, 0.15) is 15.9 Å². The molecule has 0 bridgehead atoms. The molecule has 3 aromatic rings. The average Bonchev–Trinajstić information content (AvgIpc) is 3.11. The summed E-state index contributed by atoms with van der Waals surface area (Å²) in [6.45, 7) is 2.31. The first-order chi connectivity index (χ1) is 12.6. The number of aromatic amines is 1. The van der Waals surface area contributed by atoms with E-state index in [1.165, 1.54) is 0 Å². The minimum absolute atomic E-state index is 0.00678. The Bertz CT molecular complexity index is 990. The Morgan fingerprint density at radius 1 is 1.19 bits per heavy atom. The number of nitrogen functional groups attached to an aromatic ring is 1. The summed E-state index contributed by atoms with van der Waals surface area (Å²) >= 11 is 0. The molecule has 8 heteroatoms. The van der Waals surface area contributed by atoms with Crippen molar-refractivity contribution in [2.75, 3.05) is 26.3 Å². The second-order valence-electron chi connectivity index (χ2n) is 6.07. The van der Waals surface area contributed by atoms with Crippen LogP contribution in [0, 0.1) is 5.41 Å². The lowest BCUT2D eigenvalue weighted by Gasteiger charge is -2.26. The van der Waals surface area contributed by atoms with E-state index in [1.54, 1.807) is 35.4 Å². The van der Waals surface area contributed by atoms with Crippen LogP contribution in [0.2, 0.25) is 0 Å². The molecule has 1 aromatic carbocycles. The number of pyridine rings is 1. The fourth-order valence-electron chi connectivity index (χ4n) is 2.94. The van der Waals surface area contributed by atoms with Crippen LogP contribution in [0.4, 0.5) is 0 Å². The first-order valence-electron chi connectivity index (χ1n) is 8.29. The average molecular weight is 350 g/mol. The molecule has 0 unspecified atom stereocenters. The van der Waals surface area contributed by atoms with Crippen LogP contribution in [0.25, 0.3) is 22.6 Å². The smallest absolute Gasteiger partial charge is 0.254 e. The Kier molecular flexibility index (Phi) is 4.10. The van der Waals surface area contributed by atoms with Crippen molar-refractivity contribution in [1.29, 1.82) is 5.41 Å². The lowest BCUT2D eigenvalue weighted by Crippen LogP contribution is -2.40. The summed E-state index contributed by atoms with van der Waals surface area (Å²) in [6, 6.07) is 8.78. The van der Waals surface area contributed by atoms with Crippen molar-refractivity contribution < 1.29 is 9.53 Å². The molecule has 8 nitrogen and oxygen atoms in total. The largest absolute Gasteiger partial charge is 0.384 e. The number of morpholine rings is 1. The van der Waals surface area contributed by atoms with Gasteiger partial charge in [-0.1, -0.05) is 0 Å². The number of carbonyl (C=O) groups excluding carboxylic acids is 1. The van der Waals surface area contributed by atoms with Crippen LogP contribution in [0.15, 0.2) is 36.5 Å². The molecule has 0 aliphatic carbocycles. The highest BCUT2D eigenvalue weighted by atomic mass is 16.5. The summed E-state index contributed by atoms with van der Waals surface area (Å²) in [5, 5.41) is 7.53. The van der Waals surface area contributed by atoms with Gasteiger partial charge in [-0.2, -0.15) is 0 Å². The van der Waals surface area contributed by atoms with Gasteiger partial charge in [0.25, 0.3) is 5.91 Å². The summed E-state index contributed by atoms with van der Waals surface area (Å²) in [6.07, 6.45) is 1.61. The maximum absolute atomic E-state index is 12.6. The molecule has 132 valence electrons. The first kappa shape index (κ1) is 16.2. The predicted octanol–water partition coefficient (Wildman–Crippen LogP) is 1.38. The van der Waals surface area contributed by atoms with Gasteiger partial charge in [-0.3, -0.25) is 15.2 Å². The van der Waals surface area contributed by atoms with Crippen LogP contribution in [-0.2, 0) is 4.74 Å². The van der Waals surface area contributed by atoms with Gasteiger partial charge in [0.15, 0.2) is 5.82 Å². The number of nitrogens with two attached hydrogens (primary N) is 1. The van der Waals surface area contributed by atoms with E-state index in [9.17, 15) is 4.79 Å². The number of hydrogen-bond donors (Lipinski definition) is 3. The zero-order valence-electron chi connectivity index (χ0n) is 14.0. The molecule has 1 saturated heterocycles. The fraction of sp³-hybridized carbons (Fsp3) is 0.222. The highest BCUT2D eigenvalue weighted by molar-refractivity contribution is 5.98. The fourth-order valence-corrected chi connectivity index (χ4v) is 2.94. The van der Waals surface area contributed by atoms with Gasteiger partial charge in [0.2, 0.25) is 0 Å². The highest BCUT2D eigenvalue weighted by Gasteiger charge is 2.19. The maximum atomic E-state index is 12.6. The number of aromatic nitrogens is 3. The predicted molar refractivity (Wildman–Crippen MR) is 97.1 cm³/mol. The molecular weight excluding hydrogens is 332 g/mol. The lowest BCUT2D eigenvalue weighted by atomic mass is 10.2. The van der Waals surface area contributed by atoms with E-state index in [0.717, 1.165) is 5.52 Å². The van der Waals surface area contributed by atoms with Crippen molar-refractivity contribution in [2.24, 2.45) is 5.73 Å². The summed E-state index contributed by atoms with van der Waals surface area (Å²) in [5.74, 6) is 0.525. The summed E-state index contributed by atoms with van der Waals surface area (Å²) in [5.41, 5.74) is 8.81. The summed E-state index contributed by atoms with van der Waals surface area (Å²) in [7, 11) is 0. The Labute approximate surface area is 149 Å². The van der Waals surface area contributed by atoms with E-state index in [4.69, 9.17) is 15.9 Å². The molecule has 26 heavy (non-hydrogen) atoms. The van der Waals surface area contributed by atoms with Crippen molar-refractivity contribution in [3.05, 3.63) is 47.7 Å². The normalized spacial score (nSPS) is 14.5. The second kappa shape index (κ2) is 6.57. The van der Waals surface area contributed by atoms with Gasteiger partial charge in [0.05, 0.1) is 24.2 Å². The number of carbonyl (C=O) groups is 1. The number of H-pyrrole nitrogens is 1. The number of amidine groups is 1. The second-order valence-corrected chi connectivity index (χ2v) is 6.07. The molecular formula is C18H18N6O2. The molecule has 0 radical (unpaired) electrons. The number of amides is 1. The van der Waals surface area contributed by atoms with Crippen molar-refractivity contribution in [3.8, 4) is 11.5 Å². The molecule has 1 aliphatic rings. The molecule has 0 atom stereocenters. The topological polar surface area (TPSA) is 121 Å². The molecule has 4 rings (SSSR count). The minimum Gasteiger partial charge on any atom is -0.384 e. The SMILES string of the molecule is N=C(N)c1ccc2[nH]c(-c3cc(C(=O)N4CCOCC4)ccn3)nc2c1. The number of rotatable bonds is 3. The van der Waals surface area contributed by atoms with Gasteiger partial charge in [-0.05, 0) is 30.3 Å². The van der Waals surface area contributed by atoms with E-state index in [1.807, 2.05) is 6.07 Å². The van der Waals surface area contributed by atoms with Crippen LogP contribution in [0.3, 0.4) is 0 Å². The van der Waals surface area contributed by atoms with E-state index < -0.39 is 0 Å². The lowest BCUT2D eigenvalue weighted by molar-refractivity contribution is 0.0303. The minimum atomic E-state index is -0.0353. The molecule has 4 N–H and O–H groups in total. The third-order valence-electron chi connectivity index (χ3n) is 4.34. The molecule has 3 heterocycles. The molecule has 1 amide bonds. The number of nitrogens with zero attached hydrogens (tertiary/aromatic N) is 3. The Hall–Kier alpha value is -3.26. The Balaban J connectivity index is 1.66. The molecule has 2 aromatic heterocycles. The number of ether oxygens (including phenoxy) is 1. The monoisotopic (exact) mass is 350 g/mol.